The first-order chi connectivity index (χ1) is 23.1. The standard InChI is InChI=1S/C45H59ClNP.Pd/c1-31(2)35-29-41(32(3)4)45(42(30-35)33(5)6)34-18-17-23-38(28-34)48(46,36-19-9-7-10-20-36,37-21-11-8-12-22-37)44-27-16-14-25-40(44)39-24-13-15-26-43(39)47;/h13-18,23-33,36-37H,7-12,19-22,47H2,1-6H3;. The number of rotatable bonds is 9. The summed E-state index contributed by atoms with van der Waals surface area (Å²) in [6.07, 6.45) is 12.5. The van der Waals surface area contributed by atoms with Gasteiger partial charge in [-0.1, -0.05) is 0 Å². The van der Waals surface area contributed by atoms with Gasteiger partial charge in [0.1, 0.15) is 0 Å². The minimum Gasteiger partial charge on any atom is 0 e. The van der Waals surface area contributed by atoms with E-state index in [4.69, 9.17) is 5.73 Å². The molecule has 0 spiro atoms. The maximum absolute atomic E-state index is 9.23. The summed E-state index contributed by atoms with van der Waals surface area (Å²) in [7, 11) is 0. The average Bonchev–Trinajstić information content (AvgIpc) is 3.11. The molecule has 0 radical (unpaired) electrons. The molecule has 1 nitrogen and oxygen atoms in total. The van der Waals surface area contributed by atoms with Gasteiger partial charge in [0.25, 0.3) is 0 Å². The van der Waals surface area contributed by atoms with Crippen LogP contribution in [0.4, 0.5) is 5.69 Å². The molecule has 4 aromatic carbocycles. The van der Waals surface area contributed by atoms with E-state index in [-0.39, 0.29) is 20.4 Å². The molecule has 4 aromatic rings. The van der Waals surface area contributed by atoms with Crippen molar-refractivity contribution in [3.8, 4) is 22.3 Å². The van der Waals surface area contributed by atoms with Gasteiger partial charge in [-0.2, -0.15) is 0 Å². The van der Waals surface area contributed by atoms with Crippen molar-refractivity contribution < 1.29 is 20.4 Å². The molecule has 0 unspecified atom stereocenters. The Morgan fingerprint density at radius 2 is 1.10 bits per heavy atom. The molecule has 0 saturated heterocycles. The fraction of sp³-hybridized carbons (Fsp3) is 0.467. The van der Waals surface area contributed by atoms with Crippen molar-refractivity contribution >= 4 is 33.5 Å². The zero-order chi connectivity index (χ0) is 34.1. The van der Waals surface area contributed by atoms with Crippen molar-refractivity contribution in [1.82, 2.24) is 0 Å². The fourth-order valence-electron chi connectivity index (χ4n) is 9.50. The molecule has 0 atom stereocenters. The molecule has 266 valence electrons. The predicted molar refractivity (Wildman–Crippen MR) is 216 cm³/mol. The quantitative estimate of drug-likeness (QED) is 0.102. The van der Waals surface area contributed by atoms with Crippen LogP contribution in [-0.2, 0) is 20.4 Å². The second kappa shape index (κ2) is 15.8. The molecule has 2 N–H and O–H groups in total. The van der Waals surface area contributed by atoms with Crippen molar-refractivity contribution in [3.63, 3.8) is 0 Å². The van der Waals surface area contributed by atoms with E-state index < -0.39 is 5.96 Å². The van der Waals surface area contributed by atoms with Crippen molar-refractivity contribution in [1.29, 1.82) is 0 Å². The van der Waals surface area contributed by atoms with E-state index in [9.17, 15) is 11.2 Å². The molecule has 2 saturated carbocycles. The molecule has 4 heteroatoms. The molecule has 6 rings (SSSR count). The third-order valence-corrected chi connectivity index (χ3v) is 21.4. The van der Waals surface area contributed by atoms with Gasteiger partial charge in [-0.05, 0) is 0 Å². The SMILES string of the molecule is CC(C)c1cc(C(C)C)c(-c2cccc(P(Cl)(c3ccccc3-c3ccccc3N)(C3CCCCC3)C3CCCCC3)c2)c(C(C)C)c1.[Pd]. The number of hydrogen-bond donors (Lipinski definition) is 1. The predicted octanol–water partition coefficient (Wildman–Crippen LogP) is 13.3. The number of nitrogens with two attached hydrogens (primary N) is 1. The van der Waals surface area contributed by atoms with Gasteiger partial charge in [-0.15, -0.1) is 0 Å². The molecule has 0 aromatic heterocycles. The van der Waals surface area contributed by atoms with E-state index in [1.807, 2.05) is 0 Å². The third kappa shape index (κ3) is 6.87. The van der Waals surface area contributed by atoms with Crippen LogP contribution in [0.25, 0.3) is 22.3 Å². The number of halogens is 1. The third-order valence-electron chi connectivity index (χ3n) is 12.0. The molecule has 0 heterocycles. The first-order valence-corrected chi connectivity index (χ1v) is 22.3. The smallest absolute Gasteiger partial charge is 0 e. The molecule has 2 aliphatic rings. The molecule has 49 heavy (non-hydrogen) atoms. The van der Waals surface area contributed by atoms with Crippen molar-refractivity contribution in [3.05, 3.63) is 102 Å². The summed E-state index contributed by atoms with van der Waals surface area (Å²) in [5, 5.41) is 2.81. The first-order valence-electron chi connectivity index (χ1n) is 19.0. The van der Waals surface area contributed by atoms with Crippen LogP contribution in [0.1, 0.15) is 140 Å². The van der Waals surface area contributed by atoms with Crippen LogP contribution >= 0.6 is 17.2 Å². The summed E-state index contributed by atoms with van der Waals surface area (Å²) in [5.41, 5.74) is 18.0. The largest absolute Gasteiger partial charge is 0 e. The summed E-state index contributed by atoms with van der Waals surface area (Å²) in [6.45, 7) is 14.1. The van der Waals surface area contributed by atoms with Gasteiger partial charge in [-0.3, -0.25) is 0 Å². The molecular formula is C45H59ClNPPd. The van der Waals surface area contributed by atoms with E-state index in [1.165, 1.54) is 108 Å². The van der Waals surface area contributed by atoms with Crippen LogP contribution in [0.2, 0.25) is 0 Å². The Morgan fingerprint density at radius 1 is 0.592 bits per heavy atom. The number of anilines is 1. The number of para-hydroxylation sites is 1. The second-order valence-electron chi connectivity index (χ2n) is 15.9. The summed E-state index contributed by atoms with van der Waals surface area (Å²) in [6, 6.07) is 32.4. The Kier molecular flexibility index (Phi) is 12.3. The molecular weight excluding hydrogens is 727 g/mol. The van der Waals surface area contributed by atoms with Gasteiger partial charge in [0.15, 0.2) is 0 Å². The monoisotopic (exact) mass is 785 g/mol. The van der Waals surface area contributed by atoms with Gasteiger partial charge in [0.05, 0.1) is 0 Å². The summed E-state index contributed by atoms with van der Waals surface area (Å²) >= 11 is 9.23. The summed E-state index contributed by atoms with van der Waals surface area (Å²) < 4.78 is 0. The van der Waals surface area contributed by atoms with E-state index in [2.05, 4.69) is 126 Å². The van der Waals surface area contributed by atoms with Crippen LogP contribution in [0, 0.1) is 0 Å². The van der Waals surface area contributed by atoms with Crippen LogP contribution in [0.3, 0.4) is 0 Å². The van der Waals surface area contributed by atoms with E-state index >= 15 is 0 Å². The van der Waals surface area contributed by atoms with E-state index in [0.29, 0.717) is 29.1 Å². The Hall–Kier alpha value is -1.94. The van der Waals surface area contributed by atoms with Gasteiger partial charge < -0.3 is 0 Å². The molecule has 2 aliphatic carbocycles. The zero-order valence-electron chi connectivity index (χ0n) is 30.8. The van der Waals surface area contributed by atoms with Crippen LogP contribution in [0.5, 0.6) is 0 Å². The van der Waals surface area contributed by atoms with Crippen LogP contribution in [0.15, 0.2) is 84.9 Å². The number of nitrogen functional groups attached to an aromatic ring is 1. The maximum atomic E-state index is 9.23. The van der Waals surface area contributed by atoms with Crippen molar-refractivity contribution in [2.24, 2.45) is 0 Å². The summed E-state index contributed by atoms with van der Waals surface area (Å²) in [4.78, 5) is 0. The molecule has 0 aliphatic heterocycles. The van der Waals surface area contributed by atoms with Gasteiger partial charge in [0, 0.05) is 20.4 Å². The molecule has 0 bridgehead atoms. The second-order valence-corrected chi connectivity index (χ2v) is 22.8. The van der Waals surface area contributed by atoms with Crippen molar-refractivity contribution in [2.75, 3.05) is 5.73 Å². The Morgan fingerprint density at radius 3 is 1.61 bits per heavy atom. The minimum atomic E-state index is -3.40. The fourth-order valence-corrected chi connectivity index (χ4v) is 18.5. The zero-order valence-corrected chi connectivity index (χ0v) is 34.0. The van der Waals surface area contributed by atoms with Crippen LogP contribution in [-0.4, -0.2) is 11.3 Å². The Labute approximate surface area is 316 Å². The average molecular weight is 787 g/mol. The molecule has 2 fully saturated rings. The van der Waals surface area contributed by atoms with Crippen LogP contribution < -0.4 is 16.3 Å². The van der Waals surface area contributed by atoms with Crippen molar-refractivity contribution in [2.45, 2.75) is 135 Å². The Balaban J connectivity index is 0.00000468. The summed E-state index contributed by atoms with van der Waals surface area (Å²) in [5.74, 6) is -2.07. The number of hydrogen-bond acceptors (Lipinski definition) is 1. The van der Waals surface area contributed by atoms with Gasteiger partial charge in [0.2, 0.25) is 0 Å². The van der Waals surface area contributed by atoms with E-state index in [0.717, 1.165) is 11.3 Å². The normalized spacial score (nSPS) is 17.2. The van der Waals surface area contributed by atoms with Gasteiger partial charge in [-0.25, -0.2) is 0 Å². The van der Waals surface area contributed by atoms with Gasteiger partial charge >= 0.3 is 298 Å². The minimum absolute atomic E-state index is 0. The topological polar surface area (TPSA) is 26.0 Å². The Bertz CT molecular complexity index is 1680. The first kappa shape index (κ1) is 38.3. The number of benzene rings is 4. The van der Waals surface area contributed by atoms with E-state index in [1.54, 1.807) is 0 Å². The molecule has 0 amide bonds. The maximum Gasteiger partial charge on any atom is 0 e.